The van der Waals surface area contributed by atoms with Crippen LogP contribution in [0.15, 0.2) is 63.6 Å². The van der Waals surface area contributed by atoms with E-state index in [0.717, 1.165) is 36.8 Å². The van der Waals surface area contributed by atoms with Crippen LogP contribution in [0.3, 0.4) is 0 Å². The number of aliphatic carboxylic acids is 1. The fraction of sp³-hybridized carbons (Fsp3) is 0.250. The van der Waals surface area contributed by atoms with Crippen molar-refractivity contribution in [2.75, 3.05) is 12.4 Å². The number of carbonyl (C=O) groups excluding carboxylic acids is 1. The van der Waals surface area contributed by atoms with E-state index in [1.165, 1.54) is 22.9 Å². The Morgan fingerprint density at radius 2 is 1.95 bits per heavy atom. The van der Waals surface area contributed by atoms with Crippen LogP contribution < -0.4 is 15.7 Å². The van der Waals surface area contributed by atoms with E-state index in [-0.39, 0.29) is 17.2 Å². The molecule has 9 nitrogen and oxygen atoms in total. The number of carboxylic acid groups (broad SMARTS) is 1. The van der Waals surface area contributed by atoms with Crippen LogP contribution in [0.1, 0.15) is 34.4 Å². The number of benzene rings is 2. The van der Waals surface area contributed by atoms with Gasteiger partial charge in [-0.3, -0.25) is 14.2 Å². The number of thioether (sulfide) groups is 1. The van der Waals surface area contributed by atoms with Gasteiger partial charge in [-0.15, -0.1) is 11.3 Å². The molecule has 39 heavy (non-hydrogen) atoms. The Labute approximate surface area is 232 Å². The average Bonchev–Trinajstić information content (AvgIpc) is 3.31. The van der Waals surface area contributed by atoms with E-state index in [1.54, 1.807) is 40.2 Å². The number of para-hydroxylation sites is 1. The summed E-state index contributed by atoms with van der Waals surface area (Å²) in [6.45, 7) is 1.50. The number of carboxylic acids is 1. The van der Waals surface area contributed by atoms with Gasteiger partial charge in [0.2, 0.25) is 0 Å². The zero-order valence-electron chi connectivity index (χ0n) is 21.2. The maximum atomic E-state index is 13.8. The average molecular weight is 563 g/mol. The van der Waals surface area contributed by atoms with Crippen molar-refractivity contribution < 1.29 is 19.4 Å². The molecule has 11 heteroatoms. The van der Waals surface area contributed by atoms with E-state index in [0.29, 0.717) is 32.4 Å². The van der Waals surface area contributed by atoms with Gasteiger partial charge in [-0.2, -0.15) is 5.10 Å². The number of aryl methyl sites for hydroxylation is 3. The van der Waals surface area contributed by atoms with E-state index in [9.17, 15) is 14.4 Å². The van der Waals surface area contributed by atoms with Crippen LogP contribution >= 0.6 is 23.1 Å². The quantitative estimate of drug-likeness (QED) is 0.135. The molecule has 1 amide bonds. The third-order valence-corrected chi connectivity index (χ3v) is 8.37. The molecule has 2 N–H and O–H groups in total. The van der Waals surface area contributed by atoms with Gasteiger partial charge in [0.05, 0.1) is 23.0 Å². The summed E-state index contributed by atoms with van der Waals surface area (Å²) in [5.74, 6) is -1.14. The topological polar surface area (TPSA) is 123 Å². The molecule has 0 radical (unpaired) electrons. The molecule has 1 aliphatic rings. The third kappa shape index (κ3) is 6.04. The van der Waals surface area contributed by atoms with Crippen LogP contribution in [-0.4, -0.2) is 45.1 Å². The molecule has 0 saturated heterocycles. The van der Waals surface area contributed by atoms with Crippen LogP contribution in [0, 0.1) is 6.92 Å². The maximum Gasteiger partial charge on any atom is 0.341 e. The molecule has 0 unspecified atom stereocenters. The van der Waals surface area contributed by atoms with E-state index < -0.39 is 12.6 Å². The molecule has 200 valence electrons. The number of thiophene rings is 1. The van der Waals surface area contributed by atoms with Crippen molar-refractivity contribution in [3.8, 4) is 11.4 Å². The molecule has 0 spiro atoms. The first-order valence-electron chi connectivity index (χ1n) is 12.4. The zero-order valence-corrected chi connectivity index (χ0v) is 22.8. The minimum Gasteiger partial charge on any atom is -0.481 e. The highest BCUT2D eigenvalue weighted by Gasteiger charge is 2.23. The van der Waals surface area contributed by atoms with Gasteiger partial charge in [0, 0.05) is 10.4 Å². The highest BCUT2D eigenvalue weighted by atomic mass is 32.2. The molecule has 2 heterocycles. The predicted molar refractivity (Wildman–Crippen MR) is 153 cm³/mol. The summed E-state index contributed by atoms with van der Waals surface area (Å²) in [6, 6.07) is 14.5. The Bertz CT molecular complexity index is 1630. The minimum atomic E-state index is -1.09. The summed E-state index contributed by atoms with van der Waals surface area (Å²) in [7, 11) is 0. The van der Waals surface area contributed by atoms with Crippen LogP contribution in [0.25, 0.3) is 15.9 Å². The number of carbonyl (C=O) groups is 2. The second-order valence-electron chi connectivity index (χ2n) is 9.06. The monoisotopic (exact) mass is 562 g/mol. The molecule has 0 aliphatic heterocycles. The molecule has 0 bridgehead atoms. The van der Waals surface area contributed by atoms with Crippen molar-refractivity contribution in [1.82, 2.24) is 15.0 Å². The molecule has 2 aromatic heterocycles. The normalized spacial score (nSPS) is 12.9. The number of nitrogens with zero attached hydrogens (tertiary/aromatic N) is 3. The lowest BCUT2D eigenvalue weighted by Crippen LogP contribution is -2.24. The van der Waals surface area contributed by atoms with E-state index >= 15 is 0 Å². The van der Waals surface area contributed by atoms with Gasteiger partial charge < -0.3 is 9.84 Å². The molecule has 5 rings (SSSR count). The van der Waals surface area contributed by atoms with Gasteiger partial charge in [-0.25, -0.2) is 15.2 Å². The Kier molecular flexibility index (Phi) is 8.08. The number of rotatable bonds is 9. The van der Waals surface area contributed by atoms with Gasteiger partial charge in [0.25, 0.3) is 11.5 Å². The van der Waals surface area contributed by atoms with Gasteiger partial charge in [-0.05, 0) is 62.4 Å². The standard InChI is InChI=1S/C28H26N4O5S2/c1-17-10-12-19(13-11-17)32-27(36)25-20-7-3-5-9-22(20)39-26(25)30-28(32)38-16-23(33)31-29-14-18-6-2-4-8-21(18)37-15-24(34)35/h2,4,6,8,10-14H,3,5,7,9,15-16H2,1H3,(H,31,33)(H,34,35)/b29-14-. The summed E-state index contributed by atoms with van der Waals surface area (Å²) in [5.41, 5.74) is 5.79. The predicted octanol–water partition coefficient (Wildman–Crippen LogP) is 4.34. The third-order valence-electron chi connectivity index (χ3n) is 6.25. The van der Waals surface area contributed by atoms with E-state index in [2.05, 4.69) is 10.5 Å². The smallest absolute Gasteiger partial charge is 0.341 e. The Hall–Kier alpha value is -3.96. The lowest BCUT2D eigenvalue weighted by atomic mass is 9.97. The van der Waals surface area contributed by atoms with Crippen molar-refractivity contribution in [1.29, 1.82) is 0 Å². The molecule has 0 saturated carbocycles. The van der Waals surface area contributed by atoms with E-state index in [1.807, 2.05) is 31.2 Å². The zero-order chi connectivity index (χ0) is 27.4. The number of hydrazone groups is 1. The fourth-order valence-electron chi connectivity index (χ4n) is 4.40. The number of ether oxygens (including phenoxy) is 1. The highest BCUT2D eigenvalue weighted by molar-refractivity contribution is 7.99. The van der Waals surface area contributed by atoms with E-state index in [4.69, 9.17) is 14.8 Å². The number of nitrogens with one attached hydrogen (secondary N) is 1. The number of hydrogen-bond donors (Lipinski definition) is 2. The Morgan fingerprint density at radius 1 is 1.18 bits per heavy atom. The van der Waals surface area contributed by atoms with Crippen LogP contribution in [0.5, 0.6) is 5.75 Å². The second-order valence-corrected chi connectivity index (χ2v) is 11.1. The van der Waals surface area contributed by atoms with Crippen molar-refractivity contribution in [3.63, 3.8) is 0 Å². The van der Waals surface area contributed by atoms with Crippen LogP contribution in [0.4, 0.5) is 0 Å². The lowest BCUT2D eigenvalue weighted by molar-refractivity contribution is -0.139. The fourth-order valence-corrected chi connectivity index (χ4v) is 6.51. The van der Waals surface area contributed by atoms with Crippen LogP contribution in [-0.2, 0) is 22.4 Å². The van der Waals surface area contributed by atoms with Crippen molar-refractivity contribution in [2.24, 2.45) is 5.10 Å². The number of hydrogen-bond acceptors (Lipinski definition) is 8. The number of fused-ring (bicyclic) bond motifs is 3. The molecule has 4 aromatic rings. The first-order chi connectivity index (χ1) is 18.9. The van der Waals surface area contributed by atoms with Gasteiger partial charge in [0.1, 0.15) is 10.6 Å². The summed E-state index contributed by atoms with van der Waals surface area (Å²) in [5, 5.41) is 14.0. The minimum absolute atomic E-state index is 0.0105. The largest absolute Gasteiger partial charge is 0.481 e. The van der Waals surface area contributed by atoms with Crippen molar-refractivity contribution in [2.45, 2.75) is 37.8 Å². The van der Waals surface area contributed by atoms with Crippen LogP contribution in [0.2, 0.25) is 0 Å². The SMILES string of the molecule is Cc1ccc(-n2c(SCC(=O)N/N=C\c3ccccc3OCC(=O)O)nc3sc4c(c3c2=O)CCCC4)cc1. The summed E-state index contributed by atoms with van der Waals surface area (Å²) >= 11 is 2.75. The number of aromatic nitrogens is 2. The number of amides is 1. The first kappa shape index (κ1) is 26.6. The molecular weight excluding hydrogens is 536 g/mol. The van der Waals surface area contributed by atoms with Gasteiger partial charge >= 0.3 is 5.97 Å². The Morgan fingerprint density at radius 3 is 2.74 bits per heavy atom. The van der Waals surface area contributed by atoms with Crippen molar-refractivity contribution in [3.05, 3.63) is 80.5 Å². The van der Waals surface area contributed by atoms with Gasteiger partial charge in [-0.1, -0.05) is 41.6 Å². The summed E-state index contributed by atoms with van der Waals surface area (Å²) in [6.07, 6.45) is 5.42. The molecule has 0 fully saturated rings. The summed E-state index contributed by atoms with van der Waals surface area (Å²) in [4.78, 5) is 44.1. The Balaban J connectivity index is 1.37. The lowest BCUT2D eigenvalue weighted by Gasteiger charge is -2.13. The molecule has 0 atom stereocenters. The van der Waals surface area contributed by atoms with Crippen molar-refractivity contribution >= 4 is 51.4 Å². The molecular formula is C28H26N4O5S2. The molecule has 2 aromatic carbocycles. The summed E-state index contributed by atoms with van der Waals surface area (Å²) < 4.78 is 6.85. The maximum absolute atomic E-state index is 13.8. The first-order valence-corrected chi connectivity index (χ1v) is 14.2. The highest BCUT2D eigenvalue weighted by Crippen LogP contribution is 2.35. The second kappa shape index (κ2) is 11.8. The molecule has 1 aliphatic carbocycles. The van der Waals surface area contributed by atoms with Gasteiger partial charge in [0.15, 0.2) is 11.8 Å².